The molecule has 1 aliphatic heterocycles. The Labute approximate surface area is 229 Å². The number of ether oxygens (including phenoxy) is 3. The lowest BCUT2D eigenvalue weighted by molar-refractivity contribution is -0.140. The van der Waals surface area contributed by atoms with Crippen molar-refractivity contribution in [3.8, 4) is 17.2 Å². The summed E-state index contributed by atoms with van der Waals surface area (Å²) in [6.45, 7) is 8.77. The van der Waals surface area contributed by atoms with E-state index in [1.165, 1.54) is 12.0 Å². The number of ketones is 1. The van der Waals surface area contributed by atoms with Crippen molar-refractivity contribution in [2.75, 3.05) is 20.8 Å². The number of benzene rings is 3. The fourth-order valence-corrected chi connectivity index (χ4v) is 4.73. The first kappa shape index (κ1) is 27.8. The Kier molecular flexibility index (Phi) is 8.00. The summed E-state index contributed by atoms with van der Waals surface area (Å²) in [5.41, 5.74) is 2.62. The smallest absolute Gasteiger partial charge is 0.295 e. The summed E-state index contributed by atoms with van der Waals surface area (Å²) in [7, 11) is 3.09. The lowest BCUT2D eigenvalue weighted by atomic mass is 9.85. The third-order valence-corrected chi connectivity index (χ3v) is 6.88. The highest BCUT2D eigenvalue weighted by Gasteiger charge is 2.46. The number of hydrogen-bond acceptors (Lipinski definition) is 6. The lowest BCUT2D eigenvalue weighted by Gasteiger charge is -2.26. The molecule has 39 heavy (non-hydrogen) atoms. The second-order valence-corrected chi connectivity index (χ2v) is 10.4. The molecule has 7 heteroatoms. The molecule has 0 aliphatic carbocycles. The zero-order chi connectivity index (χ0) is 28.3. The van der Waals surface area contributed by atoms with E-state index in [9.17, 15) is 14.7 Å². The first-order valence-corrected chi connectivity index (χ1v) is 12.9. The van der Waals surface area contributed by atoms with Gasteiger partial charge in [0.15, 0.2) is 0 Å². The largest absolute Gasteiger partial charge is 0.507 e. The SMILES string of the molecule is CCOc1ccc(C2/C(=C(\O)c3cc(C(C)(C)C)ccc3OC)C(=O)C(=O)N2Cc2ccc(OC)cc2)cc1. The van der Waals surface area contributed by atoms with Gasteiger partial charge in [-0.2, -0.15) is 0 Å². The maximum absolute atomic E-state index is 13.6. The Bertz CT molecular complexity index is 1380. The van der Waals surface area contributed by atoms with Gasteiger partial charge >= 0.3 is 0 Å². The minimum absolute atomic E-state index is 0.0158. The summed E-state index contributed by atoms with van der Waals surface area (Å²) in [5, 5.41) is 11.7. The predicted molar refractivity (Wildman–Crippen MR) is 150 cm³/mol. The van der Waals surface area contributed by atoms with Crippen LogP contribution in [-0.4, -0.2) is 42.5 Å². The molecule has 0 spiro atoms. The number of rotatable bonds is 8. The molecule has 1 atom stereocenters. The summed E-state index contributed by atoms with van der Waals surface area (Å²) >= 11 is 0. The number of likely N-dealkylation sites (tertiary alicyclic amines) is 1. The van der Waals surface area contributed by atoms with Gasteiger partial charge < -0.3 is 24.2 Å². The van der Waals surface area contributed by atoms with Crippen LogP contribution in [0.25, 0.3) is 5.76 Å². The van der Waals surface area contributed by atoms with E-state index in [0.29, 0.717) is 35.0 Å². The Morgan fingerprint density at radius 1 is 0.897 bits per heavy atom. The maximum atomic E-state index is 13.6. The zero-order valence-electron chi connectivity index (χ0n) is 23.3. The second kappa shape index (κ2) is 11.2. The average molecular weight is 530 g/mol. The van der Waals surface area contributed by atoms with Crippen molar-refractivity contribution in [3.05, 3.63) is 94.6 Å². The van der Waals surface area contributed by atoms with Crippen molar-refractivity contribution in [2.24, 2.45) is 0 Å². The normalized spacial score (nSPS) is 16.9. The molecular formula is C32H35NO6. The molecule has 4 rings (SSSR count). The molecule has 0 saturated carbocycles. The quantitative estimate of drug-likeness (QED) is 0.218. The molecule has 1 saturated heterocycles. The van der Waals surface area contributed by atoms with Crippen LogP contribution in [0.15, 0.2) is 72.3 Å². The molecule has 204 valence electrons. The first-order valence-electron chi connectivity index (χ1n) is 12.9. The number of aliphatic hydroxyl groups excluding tert-OH is 1. The lowest BCUT2D eigenvalue weighted by Crippen LogP contribution is -2.29. The molecule has 1 aliphatic rings. The minimum atomic E-state index is -0.814. The van der Waals surface area contributed by atoms with Crippen LogP contribution in [0.4, 0.5) is 0 Å². The van der Waals surface area contributed by atoms with Gasteiger partial charge in [0.05, 0.1) is 38.0 Å². The summed E-state index contributed by atoms with van der Waals surface area (Å²) in [4.78, 5) is 28.5. The monoisotopic (exact) mass is 529 g/mol. The van der Waals surface area contributed by atoms with E-state index >= 15 is 0 Å². The molecule has 1 unspecified atom stereocenters. The number of Topliss-reactive ketones (excluding diaryl/α,β-unsaturated/α-hetero) is 1. The highest BCUT2D eigenvalue weighted by molar-refractivity contribution is 6.46. The summed E-state index contributed by atoms with van der Waals surface area (Å²) < 4.78 is 16.4. The van der Waals surface area contributed by atoms with E-state index < -0.39 is 17.7 Å². The van der Waals surface area contributed by atoms with Crippen LogP contribution in [0.1, 0.15) is 56.0 Å². The third kappa shape index (κ3) is 5.62. The fourth-order valence-electron chi connectivity index (χ4n) is 4.73. The van der Waals surface area contributed by atoms with E-state index in [2.05, 4.69) is 20.8 Å². The van der Waals surface area contributed by atoms with Crippen molar-refractivity contribution in [1.82, 2.24) is 4.90 Å². The molecular weight excluding hydrogens is 494 g/mol. The van der Waals surface area contributed by atoms with Crippen LogP contribution in [-0.2, 0) is 21.5 Å². The number of amides is 1. The Morgan fingerprint density at radius 2 is 1.54 bits per heavy atom. The Morgan fingerprint density at radius 3 is 2.10 bits per heavy atom. The summed E-state index contributed by atoms with van der Waals surface area (Å²) in [6.07, 6.45) is 0. The van der Waals surface area contributed by atoms with Crippen molar-refractivity contribution in [3.63, 3.8) is 0 Å². The van der Waals surface area contributed by atoms with Crippen molar-refractivity contribution in [1.29, 1.82) is 0 Å². The average Bonchev–Trinajstić information content (AvgIpc) is 3.17. The Balaban J connectivity index is 1.88. The van der Waals surface area contributed by atoms with E-state index in [4.69, 9.17) is 14.2 Å². The minimum Gasteiger partial charge on any atom is -0.507 e. The van der Waals surface area contributed by atoms with Crippen LogP contribution in [0.3, 0.4) is 0 Å². The van der Waals surface area contributed by atoms with Crippen LogP contribution in [0, 0.1) is 0 Å². The third-order valence-electron chi connectivity index (χ3n) is 6.88. The molecule has 1 N–H and O–H groups in total. The molecule has 1 heterocycles. The summed E-state index contributed by atoms with van der Waals surface area (Å²) in [5.74, 6) is 0.0719. The summed E-state index contributed by atoms with van der Waals surface area (Å²) in [6, 6.07) is 19.3. The van der Waals surface area contributed by atoms with E-state index in [-0.39, 0.29) is 23.3 Å². The molecule has 3 aromatic rings. The fraction of sp³-hybridized carbons (Fsp3) is 0.312. The van der Waals surface area contributed by atoms with Gasteiger partial charge in [-0.25, -0.2) is 0 Å². The van der Waals surface area contributed by atoms with E-state index in [1.807, 2.05) is 43.3 Å². The number of aliphatic hydroxyl groups is 1. The van der Waals surface area contributed by atoms with E-state index in [1.54, 1.807) is 37.4 Å². The Hall–Kier alpha value is -4.26. The van der Waals surface area contributed by atoms with Crippen LogP contribution in [0.5, 0.6) is 17.2 Å². The molecule has 7 nitrogen and oxygen atoms in total. The van der Waals surface area contributed by atoms with Crippen molar-refractivity contribution < 1.29 is 28.9 Å². The zero-order valence-corrected chi connectivity index (χ0v) is 23.3. The van der Waals surface area contributed by atoms with Crippen molar-refractivity contribution in [2.45, 2.75) is 45.7 Å². The van der Waals surface area contributed by atoms with Gasteiger partial charge in [0.25, 0.3) is 11.7 Å². The van der Waals surface area contributed by atoms with Crippen LogP contribution in [0.2, 0.25) is 0 Å². The van der Waals surface area contributed by atoms with Gasteiger partial charge in [0, 0.05) is 6.54 Å². The van der Waals surface area contributed by atoms with Gasteiger partial charge in [-0.3, -0.25) is 9.59 Å². The molecule has 1 amide bonds. The van der Waals surface area contributed by atoms with Gasteiger partial charge in [0.1, 0.15) is 23.0 Å². The van der Waals surface area contributed by atoms with Gasteiger partial charge in [0.2, 0.25) is 0 Å². The highest BCUT2D eigenvalue weighted by Crippen LogP contribution is 2.43. The highest BCUT2D eigenvalue weighted by atomic mass is 16.5. The molecule has 0 bridgehead atoms. The van der Waals surface area contributed by atoms with Gasteiger partial charge in [-0.15, -0.1) is 0 Å². The molecule has 0 aromatic heterocycles. The number of methoxy groups -OCH3 is 2. The molecule has 3 aromatic carbocycles. The first-order chi connectivity index (χ1) is 18.6. The number of carbonyl (C=O) groups excluding carboxylic acids is 2. The van der Waals surface area contributed by atoms with Crippen LogP contribution < -0.4 is 14.2 Å². The second-order valence-electron chi connectivity index (χ2n) is 10.4. The standard InChI is InChI=1S/C32H35NO6/c1-7-39-24-15-10-21(11-16-24)28-27(29(34)25-18-22(32(2,3)4)12-17-26(25)38-6)30(35)31(36)33(28)19-20-8-13-23(37-5)14-9-20/h8-18,28,34H,7,19H2,1-6H3/b29-27+. The van der Waals surface area contributed by atoms with Crippen molar-refractivity contribution >= 4 is 17.4 Å². The number of carbonyl (C=O) groups is 2. The topological polar surface area (TPSA) is 85.3 Å². The van der Waals surface area contributed by atoms with E-state index in [0.717, 1.165) is 11.1 Å². The predicted octanol–water partition coefficient (Wildman–Crippen LogP) is 6.02. The molecule has 1 fully saturated rings. The number of hydrogen-bond donors (Lipinski definition) is 1. The molecule has 0 radical (unpaired) electrons. The maximum Gasteiger partial charge on any atom is 0.295 e. The number of nitrogens with zero attached hydrogens (tertiary/aromatic N) is 1. The van der Waals surface area contributed by atoms with Gasteiger partial charge in [-0.1, -0.05) is 51.1 Å². The van der Waals surface area contributed by atoms with Crippen LogP contribution >= 0.6 is 0 Å². The van der Waals surface area contributed by atoms with Gasteiger partial charge in [-0.05, 0) is 65.4 Å².